The molecule has 0 aliphatic carbocycles. The molecule has 2 aromatic carbocycles. The molecule has 2 nitrogen and oxygen atoms in total. The first-order chi connectivity index (χ1) is 9.76. The Hall–Kier alpha value is -1.84. The van der Waals surface area contributed by atoms with Crippen LogP contribution in [0.25, 0.3) is 10.1 Å². The van der Waals surface area contributed by atoms with E-state index in [1.165, 1.54) is 10.1 Å². The SMILES string of the molecule is COc1cccc(CC(O)c2cc3ccccc3s2)c1. The lowest BCUT2D eigenvalue weighted by atomic mass is 10.1. The van der Waals surface area contributed by atoms with Crippen LogP contribution in [0, 0.1) is 0 Å². The molecule has 0 bridgehead atoms. The average Bonchev–Trinajstić information content (AvgIpc) is 2.91. The highest BCUT2D eigenvalue weighted by molar-refractivity contribution is 7.19. The van der Waals surface area contributed by atoms with Crippen LogP contribution >= 0.6 is 11.3 Å². The van der Waals surface area contributed by atoms with Crippen LogP contribution < -0.4 is 4.74 Å². The van der Waals surface area contributed by atoms with E-state index in [0.717, 1.165) is 16.2 Å². The second kappa shape index (κ2) is 5.65. The first kappa shape index (κ1) is 13.2. The fraction of sp³-hybridized carbons (Fsp3) is 0.176. The number of rotatable bonds is 4. The number of aliphatic hydroxyl groups is 1. The number of aliphatic hydroxyl groups excluding tert-OH is 1. The number of fused-ring (bicyclic) bond motifs is 1. The van der Waals surface area contributed by atoms with E-state index in [2.05, 4.69) is 18.2 Å². The molecule has 0 aliphatic heterocycles. The number of thiophene rings is 1. The summed E-state index contributed by atoms with van der Waals surface area (Å²) in [4.78, 5) is 1.01. The molecule has 1 unspecified atom stereocenters. The summed E-state index contributed by atoms with van der Waals surface area (Å²) in [6.07, 6.45) is 0.129. The molecular formula is C17H16O2S. The van der Waals surface area contributed by atoms with E-state index in [1.54, 1.807) is 18.4 Å². The molecule has 0 fully saturated rings. The van der Waals surface area contributed by atoms with Crippen molar-refractivity contribution in [1.82, 2.24) is 0 Å². The van der Waals surface area contributed by atoms with Gasteiger partial charge in [0.15, 0.2) is 0 Å². The maximum atomic E-state index is 10.4. The highest BCUT2D eigenvalue weighted by Gasteiger charge is 2.12. The average molecular weight is 284 g/mol. The molecule has 0 radical (unpaired) electrons. The lowest BCUT2D eigenvalue weighted by Crippen LogP contribution is -1.99. The summed E-state index contributed by atoms with van der Waals surface area (Å²) in [5.74, 6) is 0.825. The zero-order chi connectivity index (χ0) is 13.9. The number of hydrogen-bond donors (Lipinski definition) is 1. The predicted octanol–water partition coefficient (Wildman–Crippen LogP) is 4.19. The quantitative estimate of drug-likeness (QED) is 0.778. The van der Waals surface area contributed by atoms with Crippen molar-refractivity contribution >= 4 is 21.4 Å². The van der Waals surface area contributed by atoms with E-state index in [4.69, 9.17) is 4.74 Å². The van der Waals surface area contributed by atoms with Gasteiger partial charge in [-0.25, -0.2) is 0 Å². The molecule has 3 aromatic rings. The van der Waals surface area contributed by atoms with Crippen molar-refractivity contribution in [2.45, 2.75) is 12.5 Å². The van der Waals surface area contributed by atoms with E-state index >= 15 is 0 Å². The molecule has 3 heteroatoms. The smallest absolute Gasteiger partial charge is 0.119 e. The van der Waals surface area contributed by atoms with Gasteiger partial charge >= 0.3 is 0 Å². The van der Waals surface area contributed by atoms with Crippen LogP contribution in [0.2, 0.25) is 0 Å². The first-order valence-electron chi connectivity index (χ1n) is 6.56. The Morgan fingerprint density at radius 2 is 1.95 bits per heavy atom. The van der Waals surface area contributed by atoms with Crippen LogP contribution in [0.3, 0.4) is 0 Å². The van der Waals surface area contributed by atoms with Gasteiger partial charge in [-0.05, 0) is 35.2 Å². The minimum Gasteiger partial charge on any atom is -0.497 e. The zero-order valence-corrected chi connectivity index (χ0v) is 12.1. The van der Waals surface area contributed by atoms with Gasteiger partial charge in [0, 0.05) is 16.0 Å². The van der Waals surface area contributed by atoms with Gasteiger partial charge in [-0.1, -0.05) is 30.3 Å². The summed E-state index contributed by atoms with van der Waals surface area (Å²) in [5, 5.41) is 11.6. The van der Waals surface area contributed by atoms with Crippen LogP contribution in [-0.2, 0) is 6.42 Å². The molecule has 0 aliphatic rings. The second-order valence-electron chi connectivity index (χ2n) is 4.76. The Balaban J connectivity index is 1.82. The van der Waals surface area contributed by atoms with Crippen LogP contribution in [0.15, 0.2) is 54.6 Å². The normalized spacial score (nSPS) is 12.5. The maximum Gasteiger partial charge on any atom is 0.119 e. The molecule has 0 amide bonds. The summed E-state index contributed by atoms with van der Waals surface area (Å²) in [5.41, 5.74) is 1.08. The van der Waals surface area contributed by atoms with Crippen molar-refractivity contribution < 1.29 is 9.84 Å². The third-order valence-electron chi connectivity index (χ3n) is 3.34. The Morgan fingerprint density at radius 3 is 2.75 bits per heavy atom. The summed E-state index contributed by atoms with van der Waals surface area (Å²) in [7, 11) is 1.65. The van der Waals surface area contributed by atoms with Crippen LogP contribution in [-0.4, -0.2) is 12.2 Å². The number of ether oxygens (including phenoxy) is 1. The first-order valence-corrected chi connectivity index (χ1v) is 7.37. The minimum atomic E-state index is -0.473. The topological polar surface area (TPSA) is 29.5 Å². The van der Waals surface area contributed by atoms with E-state index in [1.807, 2.05) is 36.4 Å². The Bertz CT molecular complexity index is 685. The lowest BCUT2D eigenvalue weighted by molar-refractivity contribution is 0.182. The summed E-state index contributed by atoms with van der Waals surface area (Å²) in [6, 6.07) is 18.1. The molecule has 1 atom stereocenters. The molecule has 1 aromatic heterocycles. The second-order valence-corrected chi connectivity index (χ2v) is 5.87. The molecule has 1 heterocycles. The van der Waals surface area contributed by atoms with Crippen molar-refractivity contribution in [3.8, 4) is 5.75 Å². The van der Waals surface area contributed by atoms with Gasteiger partial charge in [0.1, 0.15) is 5.75 Å². The van der Waals surface area contributed by atoms with E-state index in [-0.39, 0.29) is 0 Å². The summed E-state index contributed by atoms with van der Waals surface area (Å²) < 4.78 is 6.43. The number of methoxy groups -OCH3 is 1. The highest BCUT2D eigenvalue weighted by atomic mass is 32.1. The van der Waals surface area contributed by atoms with Crippen molar-refractivity contribution in [2.75, 3.05) is 7.11 Å². The van der Waals surface area contributed by atoms with E-state index in [0.29, 0.717) is 6.42 Å². The molecule has 102 valence electrons. The van der Waals surface area contributed by atoms with Gasteiger partial charge in [0.25, 0.3) is 0 Å². The fourth-order valence-electron chi connectivity index (χ4n) is 2.29. The van der Waals surface area contributed by atoms with Gasteiger partial charge in [0.2, 0.25) is 0 Å². The minimum absolute atomic E-state index is 0.473. The summed E-state index contributed by atoms with van der Waals surface area (Å²) >= 11 is 1.65. The van der Waals surface area contributed by atoms with Gasteiger partial charge in [0.05, 0.1) is 13.2 Å². The molecule has 0 spiro atoms. The third-order valence-corrected chi connectivity index (χ3v) is 4.55. The van der Waals surface area contributed by atoms with E-state index in [9.17, 15) is 5.11 Å². The van der Waals surface area contributed by atoms with Crippen molar-refractivity contribution in [2.24, 2.45) is 0 Å². The van der Waals surface area contributed by atoms with Gasteiger partial charge < -0.3 is 9.84 Å². The fourth-order valence-corrected chi connectivity index (χ4v) is 3.34. The van der Waals surface area contributed by atoms with E-state index < -0.39 is 6.10 Å². The highest BCUT2D eigenvalue weighted by Crippen LogP contribution is 2.31. The van der Waals surface area contributed by atoms with Gasteiger partial charge in [-0.3, -0.25) is 0 Å². The molecule has 20 heavy (non-hydrogen) atoms. The van der Waals surface area contributed by atoms with Crippen LogP contribution in [0.1, 0.15) is 16.5 Å². The molecule has 0 saturated heterocycles. The maximum absolute atomic E-state index is 10.4. The van der Waals surface area contributed by atoms with Crippen molar-refractivity contribution in [3.63, 3.8) is 0 Å². The molecule has 1 N–H and O–H groups in total. The van der Waals surface area contributed by atoms with Crippen molar-refractivity contribution in [1.29, 1.82) is 0 Å². The molecule has 3 rings (SSSR count). The van der Waals surface area contributed by atoms with Gasteiger partial charge in [-0.2, -0.15) is 0 Å². The standard InChI is InChI=1S/C17H16O2S/c1-19-14-7-4-5-12(9-14)10-15(18)17-11-13-6-2-3-8-16(13)20-17/h2-9,11,15,18H,10H2,1H3. The van der Waals surface area contributed by atoms with Gasteiger partial charge in [-0.15, -0.1) is 11.3 Å². The Kier molecular flexibility index (Phi) is 3.72. The number of hydrogen-bond acceptors (Lipinski definition) is 3. The third kappa shape index (κ3) is 2.69. The molecule has 0 saturated carbocycles. The number of benzene rings is 2. The lowest BCUT2D eigenvalue weighted by Gasteiger charge is -2.09. The largest absolute Gasteiger partial charge is 0.497 e. The Labute approximate surface area is 122 Å². The predicted molar refractivity (Wildman–Crippen MR) is 83.5 cm³/mol. The van der Waals surface area contributed by atoms with Crippen molar-refractivity contribution in [3.05, 3.63) is 65.0 Å². The monoisotopic (exact) mass is 284 g/mol. The van der Waals surface area contributed by atoms with Crippen LogP contribution in [0.5, 0.6) is 5.75 Å². The zero-order valence-electron chi connectivity index (χ0n) is 11.2. The van der Waals surface area contributed by atoms with Crippen LogP contribution in [0.4, 0.5) is 0 Å². The summed E-state index contributed by atoms with van der Waals surface area (Å²) in [6.45, 7) is 0. The Morgan fingerprint density at radius 1 is 1.10 bits per heavy atom. The molecular weight excluding hydrogens is 268 g/mol.